The van der Waals surface area contributed by atoms with Crippen molar-refractivity contribution in [1.82, 2.24) is 15.2 Å². The average Bonchev–Trinajstić information content (AvgIpc) is 3.36. The molecule has 4 aromatic rings. The highest BCUT2D eigenvalue weighted by molar-refractivity contribution is 7.84. The maximum Gasteiger partial charge on any atom is 0.326 e. The molecule has 0 spiro atoms. The third kappa shape index (κ3) is 5.63. The van der Waals surface area contributed by atoms with Crippen molar-refractivity contribution in [3.8, 4) is 0 Å². The van der Waals surface area contributed by atoms with Crippen LogP contribution in [0.4, 0.5) is 0 Å². The Bertz CT molecular complexity index is 1650. The molecule has 11 heteroatoms. The zero-order valence-corrected chi connectivity index (χ0v) is 23.7. The van der Waals surface area contributed by atoms with Gasteiger partial charge >= 0.3 is 5.97 Å². The molecule has 0 saturated carbocycles. The molecule has 0 saturated heterocycles. The maximum atomic E-state index is 13.2. The first-order chi connectivity index (χ1) is 19.1. The Kier molecular flexibility index (Phi) is 7.98. The SMILES string of the molecule is CS(=O)c1cccc(C[C@H](NC(=O)c2c(Cl)cc3c(c2Cl)CCN(C(=O)c2cc4ccccc4[nH]2)C3)C(=O)O)c1. The quantitative estimate of drug-likeness (QED) is 0.282. The minimum absolute atomic E-state index is 0.00728. The lowest BCUT2D eigenvalue weighted by molar-refractivity contribution is -0.139. The third-order valence-electron chi connectivity index (χ3n) is 6.95. The molecule has 3 aromatic carbocycles. The number of rotatable bonds is 7. The van der Waals surface area contributed by atoms with Gasteiger partial charge in [-0.3, -0.25) is 13.8 Å². The monoisotopic (exact) mass is 597 g/mol. The number of para-hydroxylation sites is 1. The van der Waals surface area contributed by atoms with E-state index in [2.05, 4.69) is 10.3 Å². The van der Waals surface area contributed by atoms with Gasteiger partial charge in [0.25, 0.3) is 11.8 Å². The molecule has 2 amide bonds. The van der Waals surface area contributed by atoms with Gasteiger partial charge in [-0.1, -0.05) is 53.5 Å². The van der Waals surface area contributed by atoms with Crippen molar-refractivity contribution in [2.24, 2.45) is 0 Å². The van der Waals surface area contributed by atoms with Gasteiger partial charge in [0.15, 0.2) is 0 Å². The number of nitrogens with zero attached hydrogens (tertiary/aromatic N) is 1. The number of nitrogens with one attached hydrogen (secondary N) is 2. The normalized spacial score (nSPS) is 14.4. The van der Waals surface area contributed by atoms with Crippen LogP contribution in [-0.4, -0.2) is 55.8 Å². The second-order valence-corrected chi connectivity index (χ2v) is 11.8. The summed E-state index contributed by atoms with van der Waals surface area (Å²) in [6, 6.07) is 16.5. The Balaban J connectivity index is 1.34. The van der Waals surface area contributed by atoms with E-state index in [1.54, 1.807) is 35.2 Å². The summed E-state index contributed by atoms with van der Waals surface area (Å²) in [5.41, 5.74) is 3.38. The number of benzene rings is 3. The largest absolute Gasteiger partial charge is 0.480 e. The Morgan fingerprint density at radius 2 is 1.88 bits per heavy atom. The van der Waals surface area contributed by atoms with Crippen LogP contribution in [-0.2, 0) is 35.0 Å². The minimum atomic E-state index is -1.26. The lowest BCUT2D eigenvalue weighted by Gasteiger charge is -2.30. The van der Waals surface area contributed by atoms with Gasteiger partial charge < -0.3 is 20.3 Å². The number of H-pyrrole nitrogens is 1. The summed E-state index contributed by atoms with van der Waals surface area (Å²) in [4.78, 5) is 43.8. The molecule has 1 aliphatic rings. The van der Waals surface area contributed by atoms with Crippen molar-refractivity contribution < 1.29 is 23.7 Å². The van der Waals surface area contributed by atoms with Gasteiger partial charge in [0, 0.05) is 52.4 Å². The summed E-state index contributed by atoms with van der Waals surface area (Å²) in [6.45, 7) is 0.647. The molecule has 0 aliphatic carbocycles. The van der Waals surface area contributed by atoms with E-state index in [4.69, 9.17) is 23.2 Å². The predicted octanol–water partition coefficient (Wildman–Crippen LogP) is 4.84. The van der Waals surface area contributed by atoms with E-state index >= 15 is 0 Å². The highest BCUT2D eigenvalue weighted by Gasteiger charge is 2.30. The van der Waals surface area contributed by atoms with Crippen molar-refractivity contribution in [2.45, 2.75) is 30.3 Å². The lowest BCUT2D eigenvalue weighted by atomic mass is 9.96. The van der Waals surface area contributed by atoms with Crippen LogP contribution in [0, 0.1) is 0 Å². The molecule has 40 heavy (non-hydrogen) atoms. The van der Waals surface area contributed by atoms with Crippen molar-refractivity contribution in [3.05, 3.63) is 98.7 Å². The van der Waals surface area contributed by atoms with Crippen LogP contribution in [0.1, 0.15) is 37.5 Å². The molecule has 5 rings (SSSR count). The molecule has 206 valence electrons. The van der Waals surface area contributed by atoms with Gasteiger partial charge in [-0.2, -0.15) is 0 Å². The molecular weight excluding hydrogens is 573 g/mol. The molecule has 1 aromatic heterocycles. The number of carbonyl (C=O) groups is 3. The summed E-state index contributed by atoms with van der Waals surface area (Å²) in [5.74, 6) is -2.10. The summed E-state index contributed by atoms with van der Waals surface area (Å²) in [5, 5.41) is 13.5. The number of aromatic nitrogens is 1. The smallest absolute Gasteiger partial charge is 0.326 e. The number of amides is 2. The van der Waals surface area contributed by atoms with Gasteiger partial charge in [0.1, 0.15) is 11.7 Å². The summed E-state index contributed by atoms with van der Waals surface area (Å²) >= 11 is 13.2. The molecule has 3 N–H and O–H groups in total. The first-order valence-electron chi connectivity index (χ1n) is 12.4. The van der Waals surface area contributed by atoms with E-state index in [1.807, 2.05) is 30.3 Å². The minimum Gasteiger partial charge on any atom is -0.480 e. The van der Waals surface area contributed by atoms with Crippen molar-refractivity contribution in [1.29, 1.82) is 0 Å². The molecule has 0 bridgehead atoms. The number of fused-ring (bicyclic) bond motifs is 2. The molecule has 2 atom stereocenters. The maximum absolute atomic E-state index is 13.2. The number of aliphatic carboxylic acids is 1. The Hall–Kier alpha value is -3.66. The fourth-order valence-electron chi connectivity index (χ4n) is 4.91. The molecular formula is C29H25Cl2N3O5S. The number of carboxylic acid groups (broad SMARTS) is 1. The number of hydrogen-bond acceptors (Lipinski definition) is 4. The Morgan fingerprint density at radius 1 is 1.10 bits per heavy atom. The van der Waals surface area contributed by atoms with E-state index in [0.29, 0.717) is 34.7 Å². The summed E-state index contributed by atoms with van der Waals surface area (Å²) in [7, 11) is -1.23. The number of carbonyl (C=O) groups excluding carboxylic acids is 2. The van der Waals surface area contributed by atoms with Gasteiger partial charge in [-0.25, -0.2) is 4.79 Å². The third-order valence-corrected chi connectivity index (χ3v) is 8.59. The van der Waals surface area contributed by atoms with Crippen LogP contribution in [0.3, 0.4) is 0 Å². The average molecular weight is 599 g/mol. The van der Waals surface area contributed by atoms with E-state index in [9.17, 15) is 23.7 Å². The fraction of sp³-hybridized carbons (Fsp3) is 0.207. The van der Waals surface area contributed by atoms with Crippen molar-refractivity contribution >= 4 is 62.7 Å². The molecule has 8 nitrogen and oxygen atoms in total. The first kappa shape index (κ1) is 27.9. The second kappa shape index (κ2) is 11.4. The fourth-order valence-corrected chi connectivity index (χ4v) is 6.26. The Morgan fingerprint density at radius 3 is 2.60 bits per heavy atom. The summed E-state index contributed by atoms with van der Waals surface area (Å²) in [6.07, 6.45) is 1.92. The molecule has 2 heterocycles. The lowest BCUT2D eigenvalue weighted by Crippen LogP contribution is -2.42. The van der Waals surface area contributed by atoms with Crippen molar-refractivity contribution in [3.63, 3.8) is 0 Å². The molecule has 1 unspecified atom stereocenters. The molecule has 0 radical (unpaired) electrons. The van der Waals surface area contributed by atoms with Gasteiger partial charge in [0.05, 0.1) is 15.6 Å². The van der Waals surface area contributed by atoms with Crippen LogP contribution in [0.5, 0.6) is 0 Å². The second-order valence-electron chi connectivity index (χ2n) is 9.60. The van der Waals surface area contributed by atoms with E-state index < -0.39 is 28.7 Å². The first-order valence-corrected chi connectivity index (χ1v) is 14.8. The Labute approximate surface area is 242 Å². The van der Waals surface area contributed by atoms with E-state index in [0.717, 1.165) is 16.5 Å². The zero-order valence-electron chi connectivity index (χ0n) is 21.4. The summed E-state index contributed by atoms with van der Waals surface area (Å²) < 4.78 is 11.8. The number of aromatic amines is 1. The van der Waals surface area contributed by atoms with Gasteiger partial charge in [0.2, 0.25) is 0 Å². The van der Waals surface area contributed by atoms with Crippen LogP contribution >= 0.6 is 23.2 Å². The van der Waals surface area contributed by atoms with E-state index in [-0.39, 0.29) is 34.5 Å². The number of hydrogen-bond donors (Lipinski definition) is 3. The molecule has 0 fully saturated rings. The van der Waals surface area contributed by atoms with Gasteiger partial charge in [-0.15, -0.1) is 0 Å². The topological polar surface area (TPSA) is 120 Å². The predicted molar refractivity (Wildman–Crippen MR) is 155 cm³/mol. The number of halogens is 2. The van der Waals surface area contributed by atoms with Gasteiger partial charge in [-0.05, 0) is 53.4 Å². The zero-order chi connectivity index (χ0) is 28.6. The highest BCUT2D eigenvalue weighted by Crippen LogP contribution is 2.35. The molecule has 1 aliphatic heterocycles. The van der Waals surface area contributed by atoms with E-state index in [1.165, 1.54) is 6.26 Å². The van der Waals surface area contributed by atoms with Crippen molar-refractivity contribution in [2.75, 3.05) is 12.8 Å². The standard InChI is InChI=1S/C29H25Cl2N3O5S/c1-40(39)19-7-4-5-16(11-19)12-24(29(37)38)33-27(35)25-21(30)13-18-15-34(10-9-20(18)26(25)31)28(36)23-14-17-6-2-3-8-22(17)32-23/h2-8,11,13-14,24,32H,9-10,12,15H2,1H3,(H,33,35)(H,37,38)/t24-,40?/m0/s1. The highest BCUT2D eigenvalue weighted by atomic mass is 35.5. The van der Waals surface area contributed by atoms with Crippen LogP contribution in [0.2, 0.25) is 10.0 Å². The van der Waals surface area contributed by atoms with Crippen LogP contribution in [0.15, 0.2) is 65.6 Å². The van der Waals surface area contributed by atoms with Crippen LogP contribution in [0.25, 0.3) is 10.9 Å². The van der Waals surface area contributed by atoms with Crippen LogP contribution < -0.4 is 5.32 Å². The number of carboxylic acids is 1.